The van der Waals surface area contributed by atoms with Crippen molar-refractivity contribution in [2.24, 2.45) is 0 Å². The molecule has 0 aliphatic carbocycles. The number of benzene rings is 1. The van der Waals surface area contributed by atoms with Gasteiger partial charge in [-0.2, -0.15) is 13.2 Å². The Bertz CT molecular complexity index is 396. The van der Waals surface area contributed by atoms with Gasteiger partial charge in [-0.05, 0) is 37.1 Å². The van der Waals surface area contributed by atoms with Crippen molar-refractivity contribution in [1.82, 2.24) is 0 Å². The van der Waals surface area contributed by atoms with E-state index in [1.54, 1.807) is 0 Å². The number of hydrogen-bond donors (Lipinski definition) is 1. The van der Waals surface area contributed by atoms with E-state index in [4.69, 9.17) is 9.84 Å². The summed E-state index contributed by atoms with van der Waals surface area (Å²) in [4.78, 5) is 0. The van der Waals surface area contributed by atoms with E-state index in [9.17, 15) is 13.2 Å². The molecule has 86 valence electrons. The number of ether oxygens (including phenoxy) is 1. The Balaban J connectivity index is 2.70. The van der Waals surface area contributed by atoms with E-state index < -0.39 is 17.8 Å². The Morgan fingerprint density at radius 3 is 2.25 bits per heavy atom. The maximum absolute atomic E-state index is 12.2. The minimum absolute atomic E-state index is 0.196. The SMILES string of the molecule is CC(O)C#COc1ccc(C(F)(F)F)cc1. The van der Waals surface area contributed by atoms with Crippen LogP contribution in [0.4, 0.5) is 13.2 Å². The first kappa shape index (κ1) is 12.4. The van der Waals surface area contributed by atoms with Crippen molar-refractivity contribution in [3.05, 3.63) is 29.8 Å². The number of alkyl halides is 3. The molecule has 16 heavy (non-hydrogen) atoms. The molecule has 0 aliphatic heterocycles. The van der Waals surface area contributed by atoms with Crippen molar-refractivity contribution in [1.29, 1.82) is 0 Å². The van der Waals surface area contributed by atoms with Gasteiger partial charge in [-0.1, -0.05) is 0 Å². The van der Waals surface area contributed by atoms with Crippen molar-refractivity contribution in [2.45, 2.75) is 19.2 Å². The van der Waals surface area contributed by atoms with Gasteiger partial charge < -0.3 is 9.84 Å². The molecule has 0 amide bonds. The van der Waals surface area contributed by atoms with Gasteiger partial charge in [0.05, 0.1) is 5.56 Å². The van der Waals surface area contributed by atoms with Gasteiger partial charge in [0.2, 0.25) is 0 Å². The van der Waals surface area contributed by atoms with Gasteiger partial charge in [0, 0.05) is 0 Å². The predicted molar refractivity (Wildman–Crippen MR) is 51.5 cm³/mol. The van der Waals surface area contributed by atoms with Crippen LogP contribution in [0.1, 0.15) is 12.5 Å². The summed E-state index contributed by atoms with van der Waals surface area (Å²) in [6.45, 7) is 1.45. The zero-order valence-corrected chi connectivity index (χ0v) is 8.38. The molecule has 0 radical (unpaired) electrons. The Morgan fingerprint density at radius 2 is 1.81 bits per heavy atom. The number of rotatable bonds is 1. The molecule has 1 N–H and O–H groups in total. The molecule has 2 nitrogen and oxygen atoms in total. The first-order valence-corrected chi connectivity index (χ1v) is 4.42. The van der Waals surface area contributed by atoms with Gasteiger partial charge in [-0.15, -0.1) is 0 Å². The number of aliphatic hydroxyl groups excluding tert-OH is 1. The van der Waals surface area contributed by atoms with Gasteiger partial charge in [-0.25, -0.2) is 0 Å². The van der Waals surface area contributed by atoms with E-state index in [2.05, 4.69) is 12.0 Å². The summed E-state index contributed by atoms with van der Waals surface area (Å²) in [7, 11) is 0. The van der Waals surface area contributed by atoms with E-state index in [0.29, 0.717) is 0 Å². The molecule has 0 bridgehead atoms. The second-order valence-corrected chi connectivity index (χ2v) is 3.05. The highest BCUT2D eigenvalue weighted by molar-refractivity contribution is 5.30. The fourth-order valence-corrected chi connectivity index (χ4v) is 0.886. The Hall–Kier alpha value is -1.67. The summed E-state index contributed by atoms with van der Waals surface area (Å²) in [6, 6.07) is 4.14. The zero-order chi connectivity index (χ0) is 12.2. The second-order valence-electron chi connectivity index (χ2n) is 3.05. The van der Waals surface area contributed by atoms with E-state index in [0.717, 1.165) is 12.1 Å². The maximum atomic E-state index is 12.2. The summed E-state index contributed by atoms with van der Waals surface area (Å²) in [5.74, 6) is 2.50. The third-order valence-electron chi connectivity index (χ3n) is 1.62. The van der Waals surface area contributed by atoms with Crippen LogP contribution in [0.5, 0.6) is 5.75 Å². The molecule has 1 unspecified atom stereocenters. The minimum Gasteiger partial charge on any atom is -0.407 e. The summed E-state index contributed by atoms with van der Waals surface area (Å²) >= 11 is 0. The largest absolute Gasteiger partial charge is 0.416 e. The molecule has 0 aromatic heterocycles. The predicted octanol–water partition coefficient (Wildman–Crippen LogP) is 2.43. The molecular weight excluding hydrogens is 221 g/mol. The van der Waals surface area contributed by atoms with Crippen LogP contribution < -0.4 is 4.74 Å². The molecule has 0 fully saturated rings. The smallest absolute Gasteiger partial charge is 0.407 e. The van der Waals surface area contributed by atoms with Crippen LogP contribution in [0.25, 0.3) is 0 Å². The molecule has 1 rings (SSSR count). The average Bonchev–Trinajstić information content (AvgIpc) is 2.16. The minimum atomic E-state index is -4.36. The third-order valence-corrected chi connectivity index (χ3v) is 1.62. The van der Waals surface area contributed by atoms with Crippen LogP contribution in [-0.2, 0) is 6.18 Å². The molecule has 1 aromatic rings. The maximum Gasteiger partial charge on any atom is 0.416 e. The highest BCUT2D eigenvalue weighted by Crippen LogP contribution is 2.30. The fourth-order valence-electron chi connectivity index (χ4n) is 0.886. The lowest BCUT2D eigenvalue weighted by atomic mass is 10.2. The van der Waals surface area contributed by atoms with Crippen molar-refractivity contribution in [3.8, 4) is 17.8 Å². The highest BCUT2D eigenvalue weighted by atomic mass is 19.4. The van der Waals surface area contributed by atoms with Gasteiger partial charge in [-0.3, -0.25) is 0 Å². The first-order chi connectivity index (χ1) is 7.39. The standard InChI is InChI=1S/C11H9F3O2/c1-8(15)6-7-16-10-4-2-9(3-5-10)11(12,13)14/h2-5,8,15H,1H3. The molecule has 0 aliphatic rings. The molecule has 0 saturated heterocycles. The van der Waals surface area contributed by atoms with Gasteiger partial charge in [0.15, 0.2) is 0 Å². The molecule has 5 heteroatoms. The quantitative estimate of drug-likeness (QED) is 0.751. The number of aliphatic hydroxyl groups is 1. The molecule has 0 spiro atoms. The average molecular weight is 230 g/mol. The lowest BCUT2D eigenvalue weighted by Gasteiger charge is -2.06. The first-order valence-electron chi connectivity index (χ1n) is 4.42. The Labute approximate surface area is 90.7 Å². The van der Waals surface area contributed by atoms with Crippen LogP contribution >= 0.6 is 0 Å². The summed E-state index contributed by atoms with van der Waals surface area (Å²) in [5, 5.41) is 8.78. The second kappa shape index (κ2) is 4.90. The van der Waals surface area contributed by atoms with Crippen LogP contribution in [0.2, 0.25) is 0 Å². The molecule has 0 saturated carbocycles. The van der Waals surface area contributed by atoms with Crippen LogP contribution in [0, 0.1) is 12.0 Å². The molecule has 1 atom stereocenters. The normalized spacial score (nSPS) is 12.6. The Morgan fingerprint density at radius 1 is 1.25 bits per heavy atom. The van der Waals surface area contributed by atoms with Gasteiger partial charge >= 0.3 is 6.18 Å². The number of hydrogen-bond acceptors (Lipinski definition) is 2. The summed E-state index contributed by atoms with van der Waals surface area (Å²) in [6.07, 6.45) is -3.02. The Kier molecular flexibility index (Phi) is 3.80. The van der Waals surface area contributed by atoms with Crippen molar-refractivity contribution in [2.75, 3.05) is 0 Å². The van der Waals surface area contributed by atoms with Crippen molar-refractivity contribution < 1.29 is 23.0 Å². The number of halogens is 3. The van der Waals surface area contributed by atoms with E-state index in [1.165, 1.54) is 19.1 Å². The fraction of sp³-hybridized carbons (Fsp3) is 0.273. The summed E-state index contributed by atoms with van der Waals surface area (Å²) in [5.41, 5.74) is -0.747. The van der Waals surface area contributed by atoms with Crippen LogP contribution in [-0.4, -0.2) is 11.2 Å². The molecule has 0 heterocycles. The summed E-state index contributed by atoms with van der Waals surface area (Å²) < 4.78 is 41.3. The lowest BCUT2D eigenvalue weighted by Crippen LogP contribution is -2.04. The third kappa shape index (κ3) is 3.83. The van der Waals surface area contributed by atoms with Gasteiger partial charge in [0.1, 0.15) is 18.0 Å². The highest BCUT2D eigenvalue weighted by Gasteiger charge is 2.29. The van der Waals surface area contributed by atoms with Crippen molar-refractivity contribution >= 4 is 0 Å². The topological polar surface area (TPSA) is 29.5 Å². The molecule has 1 aromatic carbocycles. The van der Waals surface area contributed by atoms with E-state index in [-0.39, 0.29) is 5.75 Å². The van der Waals surface area contributed by atoms with E-state index in [1.807, 2.05) is 0 Å². The van der Waals surface area contributed by atoms with Crippen LogP contribution in [0.3, 0.4) is 0 Å². The zero-order valence-electron chi connectivity index (χ0n) is 8.38. The van der Waals surface area contributed by atoms with Crippen molar-refractivity contribution in [3.63, 3.8) is 0 Å². The lowest BCUT2D eigenvalue weighted by molar-refractivity contribution is -0.137. The molecular formula is C11H9F3O2. The van der Waals surface area contributed by atoms with E-state index >= 15 is 0 Å². The monoisotopic (exact) mass is 230 g/mol. The van der Waals surface area contributed by atoms with Gasteiger partial charge in [0.25, 0.3) is 0 Å². The van der Waals surface area contributed by atoms with Crippen LogP contribution in [0.15, 0.2) is 24.3 Å².